The summed E-state index contributed by atoms with van der Waals surface area (Å²) in [6, 6.07) is 7.72. The molecule has 128 valence electrons. The summed E-state index contributed by atoms with van der Waals surface area (Å²) < 4.78 is 5.44. The summed E-state index contributed by atoms with van der Waals surface area (Å²) in [6.07, 6.45) is 2.24. The van der Waals surface area contributed by atoms with Crippen molar-refractivity contribution in [3.63, 3.8) is 0 Å². The lowest BCUT2D eigenvalue weighted by Crippen LogP contribution is -2.43. The SMILES string of the molecule is CN(C)C(=O)N1CCC(c2nc(Cc3ccccc3Cl)no2)CC1. The summed E-state index contributed by atoms with van der Waals surface area (Å²) in [5, 5.41) is 4.78. The van der Waals surface area contributed by atoms with Crippen LogP contribution in [0.4, 0.5) is 4.79 Å². The van der Waals surface area contributed by atoms with Gasteiger partial charge in [-0.05, 0) is 24.5 Å². The number of halogens is 1. The average Bonchev–Trinajstić information content (AvgIpc) is 3.05. The van der Waals surface area contributed by atoms with Crippen molar-refractivity contribution in [3.8, 4) is 0 Å². The van der Waals surface area contributed by atoms with Crippen LogP contribution in [-0.2, 0) is 6.42 Å². The molecule has 1 fully saturated rings. The Labute approximate surface area is 146 Å². The Morgan fingerprint density at radius 1 is 1.33 bits per heavy atom. The van der Waals surface area contributed by atoms with Gasteiger partial charge in [0.15, 0.2) is 5.82 Å². The molecule has 2 heterocycles. The molecule has 2 aromatic rings. The van der Waals surface area contributed by atoms with Crippen molar-refractivity contribution in [3.05, 3.63) is 46.6 Å². The standard InChI is InChI=1S/C17H21ClN4O2/c1-21(2)17(23)22-9-7-12(8-10-22)16-19-15(20-24-16)11-13-5-3-4-6-14(13)18/h3-6,12H,7-11H2,1-2H3. The van der Waals surface area contributed by atoms with E-state index in [1.165, 1.54) is 0 Å². The number of carbonyl (C=O) groups is 1. The van der Waals surface area contributed by atoms with Gasteiger partial charge in [0.05, 0.1) is 0 Å². The highest BCUT2D eigenvalue weighted by Gasteiger charge is 2.28. The zero-order valence-electron chi connectivity index (χ0n) is 13.9. The minimum atomic E-state index is 0.0541. The first kappa shape index (κ1) is 16.8. The zero-order chi connectivity index (χ0) is 17.1. The molecular formula is C17H21ClN4O2. The van der Waals surface area contributed by atoms with Crippen LogP contribution in [0, 0.1) is 0 Å². The van der Waals surface area contributed by atoms with E-state index in [1.807, 2.05) is 29.2 Å². The molecule has 0 radical (unpaired) electrons. The molecule has 1 aromatic heterocycles. The number of hydrogen-bond acceptors (Lipinski definition) is 4. The molecule has 0 N–H and O–H groups in total. The molecule has 0 saturated carbocycles. The van der Waals surface area contributed by atoms with Crippen LogP contribution < -0.4 is 0 Å². The predicted octanol–water partition coefficient (Wildman–Crippen LogP) is 3.17. The first-order valence-electron chi connectivity index (χ1n) is 8.06. The van der Waals surface area contributed by atoms with Crippen LogP contribution in [0.15, 0.2) is 28.8 Å². The van der Waals surface area contributed by atoms with Crippen LogP contribution in [0.1, 0.15) is 36.0 Å². The summed E-state index contributed by atoms with van der Waals surface area (Å²) in [7, 11) is 3.54. The molecule has 24 heavy (non-hydrogen) atoms. The summed E-state index contributed by atoms with van der Waals surface area (Å²) in [5.41, 5.74) is 0.984. The molecule has 1 aromatic carbocycles. The van der Waals surface area contributed by atoms with Gasteiger partial charge in [-0.3, -0.25) is 0 Å². The van der Waals surface area contributed by atoms with E-state index in [2.05, 4.69) is 10.1 Å². The predicted molar refractivity (Wildman–Crippen MR) is 91.2 cm³/mol. The number of nitrogens with zero attached hydrogens (tertiary/aromatic N) is 4. The van der Waals surface area contributed by atoms with E-state index in [0.29, 0.717) is 36.2 Å². The topological polar surface area (TPSA) is 62.5 Å². The Kier molecular flexibility index (Phi) is 5.04. The highest BCUT2D eigenvalue weighted by molar-refractivity contribution is 6.31. The van der Waals surface area contributed by atoms with Gasteiger partial charge in [0.2, 0.25) is 5.89 Å². The summed E-state index contributed by atoms with van der Waals surface area (Å²) in [5.74, 6) is 1.52. The number of benzene rings is 1. The summed E-state index contributed by atoms with van der Waals surface area (Å²) >= 11 is 6.17. The molecule has 3 rings (SSSR count). The van der Waals surface area contributed by atoms with Gasteiger partial charge in [-0.25, -0.2) is 4.79 Å². The van der Waals surface area contributed by atoms with Crippen LogP contribution in [0.3, 0.4) is 0 Å². The fraction of sp³-hybridized carbons (Fsp3) is 0.471. The highest BCUT2D eigenvalue weighted by atomic mass is 35.5. The third-order valence-electron chi connectivity index (χ3n) is 4.29. The van der Waals surface area contributed by atoms with E-state index in [-0.39, 0.29) is 11.9 Å². The van der Waals surface area contributed by atoms with E-state index < -0.39 is 0 Å². The third kappa shape index (κ3) is 3.70. The first-order chi connectivity index (χ1) is 11.5. The van der Waals surface area contributed by atoms with Gasteiger partial charge in [0.25, 0.3) is 0 Å². The Balaban J connectivity index is 1.61. The van der Waals surface area contributed by atoms with E-state index in [9.17, 15) is 4.79 Å². The fourth-order valence-corrected chi connectivity index (χ4v) is 3.12. The van der Waals surface area contributed by atoms with E-state index in [1.54, 1.807) is 19.0 Å². The minimum absolute atomic E-state index is 0.0541. The lowest BCUT2D eigenvalue weighted by atomic mass is 9.97. The number of carbonyl (C=O) groups excluding carboxylic acids is 1. The maximum absolute atomic E-state index is 12.0. The molecule has 0 bridgehead atoms. The zero-order valence-corrected chi connectivity index (χ0v) is 14.7. The van der Waals surface area contributed by atoms with Crippen molar-refractivity contribution in [2.45, 2.75) is 25.2 Å². The fourth-order valence-electron chi connectivity index (χ4n) is 2.92. The third-order valence-corrected chi connectivity index (χ3v) is 4.66. The van der Waals surface area contributed by atoms with Gasteiger partial charge >= 0.3 is 6.03 Å². The van der Waals surface area contributed by atoms with Gasteiger partial charge in [-0.1, -0.05) is 35.0 Å². The van der Waals surface area contributed by atoms with Crippen LogP contribution in [0.2, 0.25) is 5.02 Å². The van der Waals surface area contributed by atoms with E-state index in [0.717, 1.165) is 18.4 Å². The van der Waals surface area contributed by atoms with Crippen molar-refractivity contribution in [1.82, 2.24) is 19.9 Å². The molecule has 0 atom stereocenters. The van der Waals surface area contributed by atoms with Crippen molar-refractivity contribution in [2.24, 2.45) is 0 Å². The van der Waals surface area contributed by atoms with Crippen LogP contribution in [0.5, 0.6) is 0 Å². The van der Waals surface area contributed by atoms with Crippen LogP contribution >= 0.6 is 11.6 Å². The number of urea groups is 1. The highest BCUT2D eigenvalue weighted by Crippen LogP contribution is 2.27. The quantitative estimate of drug-likeness (QED) is 0.854. The molecule has 6 nitrogen and oxygen atoms in total. The molecular weight excluding hydrogens is 328 g/mol. The number of aromatic nitrogens is 2. The lowest BCUT2D eigenvalue weighted by molar-refractivity contribution is 0.152. The second-order valence-electron chi connectivity index (χ2n) is 6.26. The van der Waals surface area contributed by atoms with Gasteiger partial charge < -0.3 is 14.3 Å². The Morgan fingerprint density at radius 3 is 2.71 bits per heavy atom. The van der Waals surface area contributed by atoms with Gasteiger partial charge in [-0.15, -0.1) is 0 Å². The molecule has 2 amide bonds. The minimum Gasteiger partial charge on any atom is -0.339 e. The van der Waals surface area contributed by atoms with Gasteiger partial charge in [-0.2, -0.15) is 4.98 Å². The smallest absolute Gasteiger partial charge is 0.319 e. The second-order valence-corrected chi connectivity index (χ2v) is 6.66. The van der Waals surface area contributed by atoms with Gasteiger partial charge in [0.1, 0.15) is 0 Å². The molecule has 0 spiro atoms. The molecule has 7 heteroatoms. The van der Waals surface area contributed by atoms with Crippen LogP contribution in [-0.4, -0.2) is 53.2 Å². The van der Waals surface area contributed by atoms with Crippen molar-refractivity contribution < 1.29 is 9.32 Å². The average molecular weight is 349 g/mol. The number of likely N-dealkylation sites (tertiary alicyclic amines) is 1. The van der Waals surface area contributed by atoms with Crippen molar-refractivity contribution in [2.75, 3.05) is 27.2 Å². The van der Waals surface area contributed by atoms with E-state index >= 15 is 0 Å². The molecule has 1 saturated heterocycles. The number of amides is 2. The maximum atomic E-state index is 12.0. The normalized spacial score (nSPS) is 15.5. The first-order valence-corrected chi connectivity index (χ1v) is 8.44. The molecule has 0 aliphatic carbocycles. The Morgan fingerprint density at radius 2 is 2.04 bits per heavy atom. The Bertz CT molecular complexity index is 708. The molecule has 0 unspecified atom stereocenters. The van der Waals surface area contributed by atoms with Crippen LogP contribution in [0.25, 0.3) is 0 Å². The molecule has 1 aliphatic heterocycles. The largest absolute Gasteiger partial charge is 0.339 e. The second kappa shape index (κ2) is 7.21. The van der Waals surface area contributed by atoms with Crippen molar-refractivity contribution >= 4 is 17.6 Å². The molecule has 1 aliphatic rings. The summed E-state index contributed by atoms with van der Waals surface area (Å²) in [6.45, 7) is 1.42. The maximum Gasteiger partial charge on any atom is 0.319 e. The van der Waals surface area contributed by atoms with Crippen molar-refractivity contribution in [1.29, 1.82) is 0 Å². The lowest BCUT2D eigenvalue weighted by Gasteiger charge is -2.32. The Hall–Kier alpha value is -2.08. The summed E-state index contributed by atoms with van der Waals surface area (Å²) in [4.78, 5) is 20.0. The number of hydrogen-bond donors (Lipinski definition) is 0. The van der Waals surface area contributed by atoms with E-state index in [4.69, 9.17) is 16.1 Å². The van der Waals surface area contributed by atoms with Gasteiger partial charge in [0, 0.05) is 44.5 Å². The number of piperidine rings is 1. The monoisotopic (exact) mass is 348 g/mol. The number of rotatable bonds is 3.